The van der Waals surface area contributed by atoms with Gasteiger partial charge in [0.25, 0.3) is 0 Å². The van der Waals surface area contributed by atoms with Crippen molar-refractivity contribution in [3.8, 4) is 0 Å². The van der Waals surface area contributed by atoms with Crippen LogP contribution in [0.15, 0.2) is 12.3 Å². The summed E-state index contributed by atoms with van der Waals surface area (Å²) >= 11 is 5.82. The summed E-state index contributed by atoms with van der Waals surface area (Å²) in [5.74, 6) is -0.124. The number of hydrogen-bond donors (Lipinski definition) is 1. The van der Waals surface area contributed by atoms with Crippen LogP contribution in [0.5, 0.6) is 0 Å². The first kappa shape index (κ1) is 8.19. The molecule has 2 aromatic heterocycles. The summed E-state index contributed by atoms with van der Waals surface area (Å²) in [5, 5.41) is 7.47. The highest BCUT2D eigenvalue weighted by Crippen LogP contribution is 2.22. The zero-order valence-electron chi connectivity index (χ0n) is 6.84. The standard InChI is InChI=1S/C8H6ClN3O/c1-4(13)7-6-5(11-12-7)2-3-10-8(6)9/h2-3H,1H3,(H,11,12). The third-order valence-electron chi connectivity index (χ3n) is 1.76. The summed E-state index contributed by atoms with van der Waals surface area (Å²) in [4.78, 5) is 15.0. The maximum Gasteiger partial charge on any atom is 0.180 e. The van der Waals surface area contributed by atoms with Gasteiger partial charge in [0.1, 0.15) is 10.8 Å². The number of Topliss-reactive ketones (excluding diaryl/α,β-unsaturated/α-hetero) is 1. The maximum atomic E-state index is 11.1. The smallest absolute Gasteiger partial charge is 0.180 e. The molecular weight excluding hydrogens is 190 g/mol. The molecule has 0 bridgehead atoms. The van der Waals surface area contributed by atoms with Crippen LogP contribution in [0.2, 0.25) is 5.15 Å². The predicted molar refractivity (Wildman–Crippen MR) is 48.9 cm³/mol. The maximum absolute atomic E-state index is 11.1. The van der Waals surface area contributed by atoms with E-state index in [1.54, 1.807) is 12.3 Å². The van der Waals surface area contributed by atoms with Crippen molar-refractivity contribution in [3.05, 3.63) is 23.1 Å². The Balaban J connectivity index is 2.86. The number of hydrogen-bond acceptors (Lipinski definition) is 3. The summed E-state index contributed by atoms with van der Waals surface area (Å²) in [5.41, 5.74) is 1.07. The van der Waals surface area contributed by atoms with E-state index in [0.29, 0.717) is 16.2 Å². The largest absolute Gasteiger partial charge is 0.293 e. The quantitative estimate of drug-likeness (QED) is 0.558. The average Bonchev–Trinajstić information content (AvgIpc) is 2.49. The molecule has 0 saturated carbocycles. The Bertz CT molecular complexity index is 477. The normalized spacial score (nSPS) is 10.6. The molecule has 13 heavy (non-hydrogen) atoms. The molecule has 2 heterocycles. The lowest BCUT2D eigenvalue weighted by molar-refractivity contribution is 0.101. The van der Waals surface area contributed by atoms with Gasteiger partial charge in [-0.05, 0) is 6.07 Å². The van der Waals surface area contributed by atoms with Crippen molar-refractivity contribution in [1.82, 2.24) is 15.2 Å². The Hall–Kier alpha value is -1.42. The van der Waals surface area contributed by atoms with Gasteiger partial charge >= 0.3 is 0 Å². The molecule has 0 unspecified atom stereocenters. The van der Waals surface area contributed by atoms with Crippen LogP contribution in [-0.4, -0.2) is 21.0 Å². The van der Waals surface area contributed by atoms with Gasteiger partial charge in [-0.3, -0.25) is 9.89 Å². The van der Waals surface area contributed by atoms with Crippen molar-refractivity contribution < 1.29 is 4.79 Å². The summed E-state index contributed by atoms with van der Waals surface area (Å²) in [6, 6.07) is 1.72. The van der Waals surface area contributed by atoms with E-state index in [1.165, 1.54) is 6.92 Å². The monoisotopic (exact) mass is 195 g/mol. The second-order valence-electron chi connectivity index (χ2n) is 2.65. The zero-order valence-corrected chi connectivity index (χ0v) is 7.59. The number of carbonyl (C=O) groups is 1. The molecule has 0 aromatic carbocycles. The molecule has 0 aliphatic carbocycles. The lowest BCUT2D eigenvalue weighted by Gasteiger charge is -1.92. The highest BCUT2D eigenvalue weighted by atomic mass is 35.5. The fourth-order valence-electron chi connectivity index (χ4n) is 1.18. The van der Waals surface area contributed by atoms with Crippen LogP contribution in [0.25, 0.3) is 10.9 Å². The molecule has 0 fully saturated rings. The predicted octanol–water partition coefficient (Wildman–Crippen LogP) is 1.81. The number of nitrogens with one attached hydrogen (secondary N) is 1. The van der Waals surface area contributed by atoms with Gasteiger partial charge in [0, 0.05) is 13.1 Å². The second kappa shape index (κ2) is 2.81. The van der Waals surface area contributed by atoms with E-state index in [2.05, 4.69) is 15.2 Å². The fraction of sp³-hybridized carbons (Fsp3) is 0.125. The van der Waals surface area contributed by atoms with Crippen LogP contribution >= 0.6 is 11.6 Å². The number of rotatable bonds is 1. The SMILES string of the molecule is CC(=O)c1n[nH]c2ccnc(Cl)c12. The summed E-state index contributed by atoms with van der Waals surface area (Å²) in [6.45, 7) is 1.44. The number of nitrogens with zero attached hydrogens (tertiary/aromatic N) is 2. The van der Waals surface area contributed by atoms with Crippen molar-refractivity contribution in [1.29, 1.82) is 0 Å². The minimum Gasteiger partial charge on any atom is -0.293 e. The van der Waals surface area contributed by atoms with E-state index in [4.69, 9.17) is 11.6 Å². The van der Waals surface area contributed by atoms with E-state index in [-0.39, 0.29) is 5.78 Å². The van der Waals surface area contributed by atoms with E-state index >= 15 is 0 Å². The number of ketones is 1. The Kier molecular flexibility index (Phi) is 1.77. The third-order valence-corrected chi connectivity index (χ3v) is 2.05. The van der Waals surface area contributed by atoms with Crippen molar-refractivity contribution in [2.24, 2.45) is 0 Å². The van der Waals surface area contributed by atoms with Gasteiger partial charge in [-0.1, -0.05) is 11.6 Å². The number of aromatic nitrogens is 3. The molecule has 2 aromatic rings. The molecule has 4 nitrogen and oxygen atoms in total. The van der Waals surface area contributed by atoms with Crippen molar-refractivity contribution in [2.75, 3.05) is 0 Å². The van der Waals surface area contributed by atoms with Gasteiger partial charge < -0.3 is 0 Å². The molecular formula is C8H6ClN3O. The van der Waals surface area contributed by atoms with Gasteiger partial charge in [-0.25, -0.2) is 4.98 Å². The number of pyridine rings is 1. The molecule has 0 radical (unpaired) electrons. The molecule has 0 amide bonds. The number of fused-ring (bicyclic) bond motifs is 1. The summed E-state index contributed by atoms with van der Waals surface area (Å²) in [6.07, 6.45) is 1.56. The first-order chi connectivity index (χ1) is 6.20. The summed E-state index contributed by atoms with van der Waals surface area (Å²) in [7, 11) is 0. The first-order valence-corrected chi connectivity index (χ1v) is 4.07. The van der Waals surface area contributed by atoms with Gasteiger partial charge in [-0.2, -0.15) is 5.10 Å². The molecule has 2 rings (SSSR count). The Labute approximate surface area is 78.9 Å². The van der Waals surface area contributed by atoms with Crippen LogP contribution < -0.4 is 0 Å². The van der Waals surface area contributed by atoms with Crippen LogP contribution in [-0.2, 0) is 0 Å². The molecule has 0 saturated heterocycles. The molecule has 0 spiro atoms. The van der Waals surface area contributed by atoms with E-state index < -0.39 is 0 Å². The molecule has 0 atom stereocenters. The summed E-state index contributed by atoms with van der Waals surface area (Å²) < 4.78 is 0. The number of aromatic amines is 1. The van der Waals surface area contributed by atoms with Crippen molar-refractivity contribution in [3.63, 3.8) is 0 Å². The second-order valence-corrected chi connectivity index (χ2v) is 3.01. The highest BCUT2D eigenvalue weighted by Gasteiger charge is 2.12. The molecule has 66 valence electrons. The van der Waals surface area contributed by atoms with Gasteiger partial charge in [0.15, 0.2) is 5.78 Å². The highest BCUT2D eigenvalue weighted by molar-refractivity contribution is 6.35. The molecule has 5 heteroatoms. The average molecular weight is 196 g/mol. The minimum atomic E-state index is -0.124. The Morgan fingerprint density at radius 3 is 3.08 bits per heavy atom. The number of carbonyl (C=O) groups excluding carboxylic acids is 1. The topological polar surface area (TPSA) is 58.6 Å². The van der Waals surface area contributed by atoms with Crippen molar-refractivity contribution >= 4 is 28.3 Å². The zero-order chi connectivity index (χ0) is 9.42. The Morgan fingerprint density at radius 2 is 2.38 bits per heavy atom. The van der Waals surface area contributed by atoms with E-state index in [9.17, 15) is 4.79 Å². The van der Waals surface area contributed by atoms with E-state index in [1.807, 2.05) is 0 Å². The van der Waals surface area contributed by atoms with Crippen LogP contribution in [0.4, 0.5) is 0 Å². The van der Waals surface area contributed by atoms with Crippen molar-refractivity contribution in [2.45, 2.75) is 6.92 Å². The molecule has 0 aliphatic rings. The number of halogens is 1. The number of H-pyrrole nitrogens is 1. The molecule has 0 aliphatic heterocycles. The fourth-order valence-corrected chi connectivity index (χ4v) is 1.43. The minimum absolute atomic E-state index is 0.124. The lowest BCUT2D eigenvalue weighted by Crippen LogP contribution is -1.93. The van der Waals surface area contributed by atoms with Gasteiger partial charge in [0.2, 0.25) is 0 Å². The third kappa shape index (κ3) is 1.19. The Morgan fingerprint density at radius 1 is 1.62 bits per heavy atom. The molecule has 1 N–H and O–H groups in total. The van der Waals surface area contributed by atoms with E-state index in [0.717, 1.165) is 5.52 Å². The van der Waals surface area contributed by atoms with Gasteiger partial charge in [-0.15, -0.1) is 0 Å². The van der Waals surface area contributed by atoms with Gasteiger partial charge in [0.05, 0.1) is 10.9 Å². The van der Waals surface area contributed by atoms with Crippen LogP contribution in [0.3, 0.4) is 0 Å². The lowest BCUT2D eigenvalue weighted by atomic mass is 10.2. The van der Waals surface area contributed by atoms with Crippen LogP contribution in [0.1, 0.15) is 17.4 Å². The van der Waals surface area contributed by atoms with Crippen LogP contribution in [0, 0.1) is 0 Å². The first-order valence-electron chi connectivity index (χ1n) is 3.69.